The van der Waals surface area contributed by atoms with E-state index < -0.39 is 10.0 Å². The van der Waals surface area contributed by atoms with Crippen LogP contribution in [0.15, 0.2) is 0 Å². The van der Waals surface area contributed by atoms with Gasteiger partial charge in [-0.05, 0) is 32.6 Å². The van der Waals surface area contributed by atoms with Crippen LogP contribution >= 0.6 is 0 Å². The van der Waals surface area contributed by atoms with E-state index in [4.69, 9.17) is 0 Å². The highest BCUT2D eigenvalue weighted by molar-refractivity contribution is 7.89. The van der Waals surface area contributed by atoms with Crippen molar-refractivity contribution in [1.82, 2.24) is 4.31 Å². The van der Waals surface area contributed by atoms with Crippen LogP contribution in [0.25, 0.3) is 0 Å². The molecule has 0 aromatic carbocycles. The standard InChI is InChI=1S/C12H27NO2S/c1-7-12(8-2)13(9-10(3)4)16(14,15)11(5)6/h10-12H,7-9H2,1-6H3. The van der Waals surface area contributed by atoms with E-state index in [-0.39, 0.29) is 11.3 Å². The van der Waals surface area contributed by atoms with E-state index in [1.54, 1.807) is 18.2 Å². The Labute approximate surface area is 101 Å². The highest BCUT2D eigenvalue weighted by Crippen LogP contribution is 2.19. The lowest BCUT2D eigenvalue weighted by Crippen LogP contribution is -2.45. The summed E-state index contributed by atoms with van der Waals surface area (Å²) in [5, 5.41) is -0.327. The molecule has 0 saturated carbocycles. The monoisotopic (exact) mass is 249 g/mol. The van der Waals surface area contributed by atoms with Crippen LogP contribution in [-0.4, -0.2) is 30.6 Å². The van der Waals surface area contributed by atoms with E-state index in [2.05, 4.69) is 27.7 Å². The zero-order valence-corrected chi connectivity index (χ0v) is 12.3. The molecule has 3 nitrogen and oxygen atoms in total. The summed E-state index contributed by atoms with van der Waals surface area (Å²) in [5.74, 6) is 0.370. The molecule has 0 radical (unpaired) electrons. The summed E-state index contributed by atoms with van der Waals surface area (Å²) in [6.07, 6.45) is 1.77. The van der Waals surface area contributed by atoms with Gasteiger partial charge in [0.1, 0.15) is 0 Å². The van der Waals surface area contributed by atoms with Gasteiger partial charge in [0.15, 0.2) is 0 Å². The first-order valence-electron chi connectivity index (χ1n) is 6.27. The van der Waals surface area contributed by atoms with Gasteiger partial charge in [0.05, 0.1) is 5.25 Å². The van der Waals surface area contributed by atoms with Crippen LogP contribution in [-0.2, 0) is 10.0 Å². The second-order valence-corrected chi connectivity index (χ2v) is 7.47. The third-order valence-corrected chi connectivity index (χ3v) is 5.11. The summed E-state index contributed by atoms with van der Waals surface area (Å²) in [4.78, 5) is 0. The minimum absolute atomic E-state index is 0.148. The molecule has 0 saturated heterocycles. The fourth-order valence-electron chi connectivity index (χ4n) is 1.79. The molecule has 0 N–H and O–H groups in total. The van der Waals surface area contributed by atoms with Crippen molar-refractivity contribution in [3.05, 3.63) is 0 Å². The molecule has 0 spiro atoms. The molecule has 98 valence electrons. The Morgan fingerprint density at radius 3 is 1.69 bits per heavy atom. The Hall–Kier alpha value is -0.0900. The highest BCUT2D eigenvalue weighted by Gasteiger charge is 2.30. The molecule has 0 aromatic rings. The van der Waals surface area contributed by atoms with E-state index in [1.165, 1.54) is 0 Å². The average Bonchev–Trinajstić information content (AvgIpc) is 2.17. The van der Waals surface area contributed by atoms with Crippen LogP contribution in [0.3, 0.4) is 0 Å². The topological polar surface area (TPSA) is 37.4 Å². The fourth-order valence-corrected chi connectivity index (χ4v) is 3.55. The predicted octanol–water partition coefficient (Wildman–Crippen LogP) is 2.87. The van der Waals surface area contributed by atoms with Gasteiger partial charge >= 0.3 is 0 Å². The average molecular weight is 249 g/mol. The Morgan fingerprint density at radius 1 is 1.00 bits per heavy atom. The van der Waals surface area contributed by atoms with Crippen molar-refractivity contribution in [2.24, 2.45) is 5.92 Å². The maximum absolute atomic E-state index is 12.3. The van der Waals surface area contributed by atoms with Crippen LogP contribution in [0.1, 0.15) is 54.4 Å². The van der Waals surface area contributed by atoms with Crippen molar-refractivity contribution < 1.29 is 8.42 Å². The van der Waals surface area contributed by atoms with Gasteiger partial charge in [0, 0.05) is 12.6 Å². The smallest absolute Gasteiger partial charge is 0.212 e. The molecule has 0 aliphatic heterocycles. The van der Waals surface area contributed by atoms with Crippen molar-refractivity contribution in [1.29, 1.82) is 0 Å². The van der Waals surface area contributed by atoms with Gasteiger partial charge < -0.3 is 0 Å². The molecular formula is C12H27NO2S. The molecule has 0 heterocycles. The van der Waals surface area contributed by atoms with Crippen LogP contribution < -0.4 is 0 Å². The SMILES string of the molecule is CCC(CC)N(CC(C)C)S(=O)(=O)C(C)C. The zero-order chi connectivity index (χ0) is 12.9. The minimum Gasteiger partial charge on any atom is -0.212 e. The Morgan fingerprint density at radius 2 is 1.44 bits per heavy atom. The first-order valence-corrected chi connectivity index (χ1v) is 7.78. The largest absolute Gasteiger partial charge is 0.216 e. The summed E-state index contributed by atoms with van der Waals surface area (Å²) in [6, 6.07) is 0.148. The molecule has 4 heteroatoms. The summed E-state index contributed by atoms with van der Waals surface area (Å²) >= 11 is 0. The lowest BCUT2D eigenvalue weighted by molar-refractivity contribution is 0.275. The van der Waals surface area contributed by atoms with Crippen LogP contribution in [0, 0.1) is 5.92 Å². The van der Waals surface area contributed by atoms with Crippen LogP contribution in [0.2, 0.25) is 0 Å². The van der Waals surface area contributed by atoms with Gasteiger partial charge in [0.25, 0.3) is 0 Å². The number of hydrogen-bond donors (Lipinski definition) is 0. The Balaban J connectivity index is 5.08. The number of hydrogen-bond acceptors (Lipinski definition) is 2. The molecule has 0 aliphatic rings. The first-order chi connectivity index (χ1) is 7.27. The van der Waals surface area contributed by atoms with Gasteiger partial charge in [0.2, 0.25) is 10.0 Å². The van der Waals surface area contributed by atoms with E-state index in [9.17, 15) is 8.42 Å². The molecule has 0 unspecified atom stereocenters. The van der Waals surface area contributed by atoms with Crippen molar-refractivity contribution in [3.8, 4) is 0 Å². The molecular weight excluding hydrogens is 222 g/mol. The van der Waals surface area contributed by atoms with E-state index in [1.807, 2.05) is 0 Å². The molecule has 0 atom stereocenters. The van der Waals surface area contributed by atoms with Crippen molar-refractivity contribution in [2.75, 3.05) is 6.54 Å². The molecule has 0 rings (SSSR count). The normalized spacial score (nSPS) is 13.4. The summed E-state index contributed by atoms with van der Waals surface area (Å²) in [5.41, 5.74) is 0. The molecule has 16 heavy (non-hydrogen) atoms. The Bertz CT molecular complexity index is 279. The quantitative estimate of drug-likeness (QED) is 0.696. The zero-order valence-electron chi connectivity index (χ0n) is 11.5. The third kappa shape index (κ3) is 4.06. The van der Waals surface area contributed by atoms with Gasteiger partial charge in [-0.15, -0.1) is 0 Å². The lowest BCUT2D eigenvalue weighted by Gasteiger charge is -2.32. The van der Waals surface area contributed by atoms with E-state index in [0.717, 1.165) is 12.8 Å². The van der Waals surface area contributed by atoms with Crippen LogP contribution in [0.4, 0.5) is 0 Å². The first kappa shape index (κ1) is 15.9. The third-order valence-electron chi connectivity index (χ3n) is 2.82. The predicted molar refractivity (Wildman–Crippen MR) is 70.0 cm³/mol. The highest BCUT2D eigenvalue weighted by atomic mass is 32.2. The maximum atomic E-state index is 12.3. The maximum Gasteiger partial charge on any atom is 0.216 e. The fraction of sp³-hybridized carbons (Fsp3) is 1.00. The van der Waals surface area contributed by atoms with E-state index >= 15 is 0 Å². The van der Waals surface area contributed by atoms with Crippen molar-refractivity contribution >= 4 is 10.0 Å². The number of rotatable bonds is 7. The van der Waals surface area contributed by atoms with Crippen molar-refractivity contribution in [2.45, 2.75) is 65.7 Å². The number of sulfonamides is 1. The summed E-state index contributed by atoms with van der Waals surface area (Å²) < 4.78 is 26.2. The molecule has 0 amide bonds. The summed E-state index contributed by atoms with van der Waals surface area (Å²) in [6.45, 7) is 12.4. The van der Waals surface area contributed by atoms with Crippen LogP contribution in [0.5, 0.6) is 0 Å². The minimum atomic E-state index is -3.12. The molecule has 0 aromatic heterocycles. The van der Waals surface area contributed by atoms with Gasteiger partial charge in [-0.3, -0.25) is 0 Å². The van der Waals surface area contributed by atoms with E-state index in [0.29, 0.717) is 12.5 Å². The van der Waals surface area contributed by atoms with Gasteiger partial charge in [-0.2, -0.15) is 4.31 Å². The Kier molecular flexibility index (Phi) is 6.56. The molecule has 0 aliphatic carbocycles. The van der Waals surface area contributed by atoms with Crippen molar-refractivity contribution in [3.63, 3.8) is 0 Å². The van der Waals surface area contributed by atoms with Gasteiger partial charge in [-0.25, -0.2) is 8.42 Å². The lowest BCUT2D eigenvalue weighted by atomic mass is 10.1. The van der Waals surface area contributed by atoms with Gasteiger partial charge in [-0.1, -0.05) is 27.7 Å². The second-order valence-electron chi connectivity index (χ2n) is 5.03. The number of nitrogens with zero attached hydrogens (tertiary/aromatic N) is 1. The summed E-state index contributed by atoms with van der Waals surface area (Å²) in [7, 11) is -3.12. The molecule has 0 fully saturated rings. The molecule has 0 bridgehead atoms. The second kappa shape index (κ2) is 6.60.